The van der Waals surface area contributed by atoms with Crippen molar-refractivity contribution in [2.45, 2.75) is 51.5 Å². The van der Waals surface area contributed by atoms with Crippen LogP contribution in [0.5, 0.6) is 0 Å². The topological polar surface area (TPSA) is 101 Å². The molecule has 0 unspecified atom stereocenters. The fraction of sp³-hybridized carbons (Fsp3) is 0.476. The second kappa shape index (κ2) is 7.55. The van der Waals surface area contributed by atoms with Crippen LogP contribution in [0.1, 0.15) is 60.5 Å². The van der Waals surface area contributed by atoms with Gasteiger partial charge >= 0.3 is 0 Å². The van der Waals surface area contributed by atoms with Crippen molar-refractivity contribution in [1.29, 1.82) is 5.26 Å². The summed E-state index contributed by atoms with van der Waals surface area (Å²) in [5.74, 6) is 0.391. The van der Waals surface area contributed by atoms with Gasteiger partial charge in [0.2, 0.25) is 5.91 Å². The first kappa shape index (κ1) is 18.4. The van der Waals surface area contributed by atoms with Crippen molar-refractivity contribution in [3.8, 4) is 6.07 Å². The van der Waals surface area contributed by atoms with Crippen molar-refractivity contribution < 1.29 is 9.59 Å². The average molecular weight is 377 g/mol. The van der Waals surface area contributed by atoms with E-state index in [1.54, 1.807) is 24.3 Å². The molecule has 1 aliphatic heterocycles. The first-order valence-electron chi connectivity index (χ1n) is 9.85. The van der Waals surface area contributed by atoms with Crippen LogP contribution in [-0.4, -0.2) is 26.5 Å². The van der Waals surface area contributed by atoms with Gasteiger partial charge in [0.15, 0.2) is 17.5 Å². The summed E-state index contributed by atoms with van der Waals surface area (Å²) in [6, 6.07) is 8.89. The molecule has 0 saturated heterocycles. The Kier molecular flexibility index (Phi) is 4.95. The molecular weight excluding hydrogens is 354 g/mol. The van der Waals surface area contributed by atoms with Crippen molar-refractivity contribution in [2.75, 3.05) is 5.32 Å². The zero-order chi connectivity index (χ0) is 19.7. The predicted molar refractivity (Wildman–Crippen MR) is 103 cm³/mol. The molecule has 1 aliphatic carbocycles. The fourth-order valence-corrected chi connectivity index (χ4v) is 3.79. The van der Waals surface area contributed by atoms with Crippen LogP contribution in [-0.2, 0) is 17.8 Å². The lowest BCUT2D eigenvalue weighted by molar-refractivity contribution is -0.117. The lowest BCUT2D eigenvalue weighted by Crippen LogP contribution is -2.18. The number of anilines is 1. The van der Waals surface area contributed by atoms with E-state index in [0.717, 1.165) is 44.5 Å². The highest BCUT2D eigenvalue weighted by Gasteiger charge is 2.39. The van der Waals surface area contributed by atoms with Crippen LogP contribution >= 0.6 is 0 Å². The zero-order valence-corrected chi connectivity index (χ0v) is 15.9. The third kappa shape index (κ3) is 3.55. The van der Waals surface area contributed by atoms with E-state index in [4.69, 9.17) is 0 Å². The Balaban J connectivity index is 1.56. The number of aryl methyl sites for hydroxylation is 1. The molecule has 4 rings (SSSR count). The van der Waals surface area contributed by atoms with Gasteiger partial charge in [-0.05, 0) is 37.3 Å². The summed E-state index contributed by atoms with van der Waals surface area (Å²) in [5.41, 5.74) is 0.964. The summed E-state index contributed by atoms with van der Waals surface area (Å²) in [6.07, 6.45) is 4.87. The highest BCUT2D eigenvalue weighted by atomic mass is 16.2. The van der Waals surface area contributed by atoms with E-state index in [2.05, 4.69) is 21.6 Å². The Bertz CT molecular complexity index is 958. The number of aromatic nitrogens is 3. The molecule has 1 N–H and O–H groups in total. The number of Topliss-reactive ketones (excluding diaryl/α,β-unsaturated/α-hetero) is 1. The van der Waals surface area contributed by atoms with Crippen LogP contribution in [0.25, 0.3) is 0 Å². The first-order chi connectivity index (χ1) is 13.6. The van der Waals surface area contributed by atoms with E-state index in [1.165, 1.54) is 0 Å². The van der Waals surface area contributed by atoms with Gasteiger partial charge in [-0.15, -0.1) is 10.2 Å². The number of ketones is 1. The molecule has 1 fully saturated rings. The number of nitrogens with zero attached hydrogens (tertiary/aromatic N) is 4. The van der Waals surface area contributed by atoms with Gasteiger partial charge in [-0.1, -0.05) is 25.5 Å². The minimum atomic E-state index is -1.01. The molecule has 7 heteroatoms. The van der Waals surface area contributed by atoms with E-state index in [1.807, 2.05) is 11.5 Å². The summed E-state index contributed by atoms with van der Waals surface area (Å²) in [5, 5.41) is 20.9. The molecule has 0 bridgehead atoms. The number of amides is 1. The molecule has 2 aromatic rings. The van der Waals surface area contributed by atoms with Gasteiger partial charge in [0.1, 0.15) is 5.82 Å². The van der Waals surface area contributed by atoms with Crippen molar-refractivity contribution in [2.24, 2.45) is 11.8 Å². The summed E-state index contributed by atoms with van der Waals surface area (Å²) in [7, 11) is 0. The summed E-state index contributed by atoms with van der Waals surface area (Å²) >= 11 is 0. The minimum absolute atomic E-state index is 0.0169. The fourth-order valence-electron chi connectivity index (χ4n) is 3.79. The first-order valence-corrected chi connectivity index (χ1v) is 9.85. The maximum Gasteiger partial charge on any atom is 0.227 e. The molecule has 2 aliphatic rings. The molecule has 0 radical (unpaired) electrons. The number of benzene rings is 1. The molecule has 1 aromatic heterocycles. The van der Waals surface area contributed by atoms with E-state index in [9.17, 15) is 14.9 Å². The Hall–Kier alpha value is -3.01. The van der Waals surface area contributed by atoms with Crippen molar-refractivity contribution in [1.82, 2.24) is 14.8 Å². The van der Waals surface area contributed by atoms with Crippen LogP contribution in [0.4, 0.5) is 5.69 Å². The second-order valence-electron chi connectivity index (χ2n) is 7.75. The molecule has 1 saturated carbocycles. The van der Waals surface area contributed by atoms with Crippen LogP contribution in [0.2, 0.25) is 0 Å². The highest BCUT2D eigenvalue weighted by molar-refractivity contribution is 6.03. The molecular formula is C21H23N5O2. The summed E-state index contributed by atoms with van der Waals surface area (Å²) in [6.45, 7) is 2.78. The molecule has 1 amide bonds. The number of fused-ring (bicyclic) bond motifs is 1. The van der Waals surface area contributed by atoms with Crippen molar-refractivity contribution in [3.05, 3.63) is 41.5 Å². The van der Waals surface area contributed by atoms with Crippen LogP contribution < -0.4 is 5.32 Å². The Morgan fingerprint density at radius 1 is 1.29 bits per heavy atom. The molecule has 0 spiro atoms. The Labute approximate surface area is 163 Å². The Morgan fingerprint density at radius 2 is 2.11 bits per heavy atom. The molecule has 3 atom stereocenters. The molecule has 7 nitrogen and oxygen atoms in total. The number of nitrogens with one attached hydrogen (secondary N) is 1. The predicted octanol–water partition coefficient (Wildman–Crippen LogP) is 3.09. The van der Waals surface area contributed by atoms with E-state index in [-0.39, 0.29) is 17.6 Å². The number of carbonyl (C=O) groups excluding carboxylic acids is 2. The number of nitriles is 1. The smallest absolute Gasteiger partial charge is 0.227 e. The van der Waals surface area contributed by atoms with Crippen LogP contribution in [0.3, 0.4) is 0 Å². The summed E-state index contributed by atoms with van der Waals surface area (Å²) < 4.78 is 1.93. The largest absolute Gasteiger partial charge is 0.326 e. The zero-order valence-electron chi connectivity index (χ0n) is 15.9. The second-order valence-corrected chi connectivity index (χ2v) is 7.75. The van der Waals surface area contributed by atoms with Crippen LogP contribution in [0, 0.1) is 23.2 Å². The standard InChI is InChI=1S/C21H23N5O2/c1-13-10-16(13)21(28)23-15-7-5-6-14(11-15)19(27)17(12-22)20-25-24-18-8-3-2-4-9-26(18)20/h5-7,11,13,16-17H,2-4,8-10H2,1H3,(H,23,28)/t13-,16+,17+/m1/s1. The SMILES string of the molecule is C[C@@H]1C[C@@H]1C(=O)Nc1cccc(C(=O)[C@H](C#N)c2nnc3n2CCCCC3)c1. The highest BCUT2D eigenvalue weighted by Crippen LogP contribution is 2.38. The lowest BCUT2D eigenvalue weighted by Gasteiger charge is -2.12. The maximum atomic E-state index is 13.1. The van der Waals surface area contributed by atoms with Gasteiger partial charge in [-0.2, -0.15) is 5.26 Å². The number of hydrogen-bond donors (Lipinski definition) is 1. The lowest BCUT2D eigenvalue weighted by atomic mass is 9.97. The van der Waals surface area contributed by atoms with Gasteiger partial charge in [0.25, 0.3) is 0 Å². The van der Waals surface area contributed by atoms with E-state index in [0.29, 0.717) is 23.0 Å². The molecule has 144 valence electrons. The Morgan fingerprint density at radius 3 is 2.86 bits per heavy atom. The third-order valence-corrected chi connectivity index (χ3v) is 5.65. The van der Waals surface area contributed by atoms with E-state index >= 15 is 0 Å². The van der Waals surface area contributed by atoms with Gasteiger partial charge in [-0.3, -0.25) is 9.59 Å². The molecule has 1 aromatic carbocycles. The summed E-state index contributed by atoms with van der Waals surface area (Å²) in [4.78, 5) is 25.2. The van der Waals surface area contributed by atoms with E-state index < -0.39 is 5.92 Å². The van der Waals surface area contributed by atoms with Gasteiger partial charge in [0, 0.05) is 30.1 Å². The molecule has 2 heterocycles. The monoisotopic (exact) mass is 377 g/mol. The van der Waals surface area contributed by atoms with Crippen LogP contribution in [0.15, 0.2) is 24.3 Å². The number of carbonyl (C=O) groups is 2. The minimum Gasteiger partial charge on any atom is -0.326 e. The normalized spacial score (nSPS) is 21.7. The average Bonchev–Trinajstić information content (AvgIpc) is 3.38. The van der Waals surface area contributed by atoms with Gasteiger partial charge < -0.3 is 9.88 Å². The number of hydrogen-bond acceptors (Lipinski definition) is 5. The quantitative estimate of drug-likeness (QED) is 0.807. The van der Waals surface area contributed by atoms with Gasteiger partial charge in [0.05, 0.1) is 6.07 Å². The van der Waals surface area contributed by atoms with Crippen molar-refractivity contribution in [3.63, 3.8) is 0 Å². The number of rotatable bonds is 5. The van der Waals surface area contributed by atoms with Gasteiger partial charge in [-0.25, -0.2) is 0 Å². The maximum absolute atomic E-state index is 13.1. The molecule has 28 heavy (non-hydrogen) atoms. The third-order valence-electron chi connectivity index (χ3n) is 5.65. The van der Waals surface area contributed by atoms with Crippen molar-refractivity contribution >= 4 is 17.4 Å².